The van der Waals surface area contributed by atoms with Crippen molar-refractivity contribution in [2.45, 2.75) is 26.3 Å². The average Bonchev–Trinajstić information content (AvgIpc) is 2.14. The van der Waals surface area contributed by atoms with Gasteiger partial charge in [-0.15, -0.1) is 0 Å². The number of nitrogens with zero attached hydrogens (tertiary/aromatic N) is 1. The Morgan fingerprint density at radius 3 is 2.57 bits per heavy atom. The predicted molar refractivity (Wildman–Crippen MR) is 62.2 cm³/mol. The second kappa shape index (κ2) is 6.73. The number of nitrogens with one attached hydrogen (secondary N) is 1. The van der Waals surface area contributed by atoms with E-state index in [4.69, 9.17) is 18.0 Å². The second-order valence-corrected chi connectivity index (χ2v) is 3.75. The van der Waals surface area contributed by atoms with Crippen LogP contribution in [-0.2, 0) is 4.79 Å². The van der Waals surface area contributed by atoms with Gasteiger partial charge in [-0.3, -0.25) is 9.69 Å². The summed E-state index contributed by atoms with van der Waals surface area (Å²) in [6.45, 7) is 5.24. The Hall–Kier alpha value is -0.680. The van der Waals surface area contributed by atoms with E-state index in [1.807, 2.05) is 11.8 Å². The van der Waals surface area contributed by atoms with Gasteiger partial charge in [0, 0.05) is 13.6 Å². The van der Waals surface area contributed by atoms with Gasteiger partial charge in [0.2, 0.25) is 5.91 Å². The first-order chi connectivity index (χ1) is 6.52. The third kappa shape index (κ3) is 4.53. The van der Waals surface area contributed by atoms with E-state index in [2.05, 4.69) is 12.2 Å². The fourth-order valence-corrected chi connectivity index (χ4v) is 1.44. The maximum absolute atomic E-state index is 11.4. The van der Waals surface area contributed by atoms with E-state index in [1.165, 1.54) is 0 Å². The van der Waals surface area contributed by atoms with Gasteiger partial charge in [0.05, 0.1) is 11.0 Å². The fourth-order valence-electron chi connectivity index (χ4n) is 1.27. The molecule has 0 aromatic carbocycles. The van der Waals surface area contributed by atoms with Crippen molar-refractivity contribution in [3.63, 3.8) is 0 Å². The van der Waals surface area contributed by atoms with Crippen molar-refractivity contribution in [3.8, 4) is 0 Å². The number of rotatable bonds is 6. The van der Waals surface area contributed by atoms with Crippen LogP contribution in [-0.4, -0.2) is 42.0 Å². The average molecular weight is 217 g/mol. The quantitative estimate of drug-likeness (QED) is 0.620. The van der Waals surface area contributed by atoms with Crippen LogP contribution in [0.4, 0.5) is 0 Å². The number of carbonyl (C=O) groups excluding carboxylic acids is 1. The highest BCUT2D eigenvalue weighted by molar-refractivity contribution is 7.80. The van der Waals surface area contributed by atoms with Crippen molar-refractivity contribution >= 4 is 23.1 Å². The zero-order valence-electron chi connectivity index (χ0n) is 9.04. The minimum atomic E-state index is -0.179. The summed E-state index contributed by atoms with van der Waals surface area (Å²) in [5.74, 6) is -0.00491. The Kier molecular flexibility index (Phi) is 6.40. The standard InChI is InChI=1S/C9H19N3OS/c1-4-5-12(6-8(10)14)7(2)9(13)11-3/h7H,4-6H2,1-3H3,(H2,10,14)(H,11,13). The number of carbonyl (C=O) groups is 1. The van der Waals surface area contributed by atoms with Gasteiger partial charge < -0.3 is 11.1 Å². The van der Waals surface area contributed by atoms with Gasteiger partial charge in [-0.1, -0.05) is 19.1 Å². The first kappa shape index (κ1) is 13.3. The highest BCUT2D eigenvalue weighted by atomic mass is 32.1. The molecule has 82 valence electrons. The predicted octanol–water partition coefficient (Wildman–Crippen LogP) is 0.119. The van der Waals surface area contributed by atoms with E-state index >= 15 is 0 Å². The molecule has 4 nitrogen and oxygen atoms in total. The van der Waals surface area contributed by atoms with Crippen molar-refractivity contribution < 1.29 is 4.79 Å². The van der Waals surface area contributed by atoms with Crippen molar-refractivity contribution in [1.29, 1.82) is 0 Å². The molecular formula is C9H19N3OS. The summed E-state index contributed by atoms with van der Waals surface area (Å²) in [6.07, 6.45) is 0.976. The topological polar surface area (TPSA) is 58.4 Å². The van der Waals surface area contributed by atoms with Crippen LogP contribution in [0.25, 0.3) is 0 Å². The highest BCUT2D eigenvalue weighted by Crippen LogP contribution is 2.00. The molecule has 1 amide bonds. The van der Waals surface area contributed by atoms with Gasteiger partial charge >= 0.3 is 0 Å². The molecule has 0 aliphatic rings. The molecule has 14 heavy (non-hydrogen) atoms. The lowest BCUT2D eigenvalue weighted by Crippen LogP contribution is -2.47. The van der Waals surface area contributed by atoms with Crippen LogP contribution in [0.1, 0.15) is 20.3 Å². The van der Waals surface area contributed by atoms with Crippen LogP contribution in [0.15, 0.2) is 0 Å². The molecule has 1 unspecified atom stereocenters. The van der Waals surface area contributed by atoms with Crippen molar-refractivity contribution in [2.75, 3.05) is 20.1 Å². The Labute approximate surface area is 90.8 Å². The van der Waals surface area contributed by atoms with Gasteiger partial charge in [0.25, 0.3) is 0 Å². The summed E-state index contributed by atoms with van der Waals surface area (Å²) in [7, 11) is 1.63. The van der Waals surface area contributed by atoms with E-state index in [9.17, 15) is 4.79 Å². The molecule has 0 radical (unpaired) electrons. The maximum Gasteiger partial charge on any atom is 0.236 e. The Balaban J connectivity index is 4.31. The normalized spacial score (nSPS) is 12.6. The van der Waals surface area contributed by atoms with Crippen LogP contribution < -0.4 is 11.1 Å². The third-order valence-corrected chi connectivity index (χ3v) is 2.17. The first-order valence-corrected chi connectivity index (χ1v) is 5.17. The SMILES string of the molecule is CCCN(CC(N)=S)C(C)C(=O)NC. The Morgan fingerprint density at radius 1 is 1.64 bits per heavy atom. The largest absolute Gasteiger partial charge is 0.392 e. The lowest BCUT2D eigenvalue weighted by atomic mass is 10.2. The molecule has 0 spiro atoms. The molecule has 3 N–H and O–H groups in total. The molecule has 0 saturated heterocycles. The number of nitrogens with two attached hydrogens (primary N) is 1. The molecule has 0 rings (SSSR count). The molecule has 0 saturated carbocycles. The van der Waals surface area contributed by atoms with Crippen LogP contribution in [0.2, 0.25) is 0 Å². The van der Waals surface area contributed by atoms with Crippen molar-refractivity contribution in [1.82, 2.24) is 10.2 Å². The molecule has 0 heterocycles. The van der Waals surface area contributed by atoms with E-state index in [0.29, 0.717) is 11.5 Å². The van der Waals surface area contributed by atoms with Crippen LogP contribution in [0.3, 0.4) is 0 Å². The number of hydrogen-bond acceptors (Lipinski definition) is 3. The first-order valence-electron chi connectivity index (χ1n) is 4.76. The van der Waals surface area contributed by atoms with Crippen molar-refractivity contribution in [3.05, 3.63) is 0 Å². The molecular weight excluding hydrogens is 198 g/mol. The lowest BCUT2D eigenvalue weighted by molar-refractivity contribution is -0.125. The second-order valence-electron chi connectivity index (χ2n) is 3.23. The molecule has 0 aromatic heterocycles. The third-order valence-electron chi connectivity index (χ3n) is 2.04. The fraction of sp³-hybridized carbons (Fsp3) is 0.778. The summed E-state index contributed by atoms with van der Waals surface area (Å²) in [5.41, 5.74) is 5.46. The number of amides is 1. The van der Waals surface area contributed by atoms with Gasteiger partial charge in [-0.25, -0.2) is 0 Å². The molecule has 0 fully saturated rings. The number of thiocarbonyl (C=S) groups is 1. The highest BCUT2D eigenvalue weighted by Gasteiger charge is 2.19. The summed E-state index contributed by atoms with van der Waals surface area (Å²) in [6, 6.07) is -0.179. The van der Waals surface area contributed by atoms with Crippen LogP contribution in [0, 0.1) is 0 Å². The minimum Gasteiger partial charge on any atom is -0.392 e. The molecule has 0 aliphatic carbocycles. The number of hydrogen-bond donors (Lipinski definition) is 2. The summed E-state index contributed by atoms with van der Waals surface area (Å²) >= 11 is 4.83. The van der Waals surface area contributed by atoms with E-state index < -0.39 is 0 Å². The summed E-state index contributed by atoms with van der Waals surface area (Å²) < 4.78 is 0. The molecule has 5 heteroatoms. The molecule has 0 aliphatic heterocycles. The van der Waals surface area contributed by atoms with E-state index in [-0.39, 0.29) is 11.9 Å². The van der Waals surface area contributed by atoms with Gasteiger partial charge in [-0.2, -0.15) is 0 Å². The van der Waals surface area contributed by atoms with Gasteiger partial charge in [0.1, 0.15) is 0 Å². The zero-order chi connectivity index (χ0) is 11.1. The van der Waals surface area contributed by atoms with E-state index in [1.54, 1.807) is 7.05 Å². The molecule has 0 bridgehead atoms. The minimum absolute atomic E-state index is 0.00491. The summed E-state index contributed by atoms with van der Waals surface area (Å²) in [5, 5.41) is 2.61. The Bertz CT molecular complexity index is 208. The van der Waals surface area contributed by atoms with Gasteiger partial charge in [0.15, 0.2) is 0 Å². The molecule has 1 atom stereocenters. The van der Waals surface area contributed by atoms with Crippen LogP contribution >= 0.6 is 12.2 Å². The Morgan fingerprint density at radius 2 is 2.21 bits per heavy atom. The maximum atomic E-state index is 11.4. The lowest BCUT2D eigenvalue weighted by Gasteiger charge is -2.26. The van der Waals surface area contributed by atoms with Crippen molar-refractivity contribution in [2.24, 2.45) is 5.73 Å². The van der Waals surface area contributed by atoms with Crippen LogP contribution in [0.5, 0.6) is 0 Å². The monoisotopic (exact) mass is 217 g/mol. The van der Waals surface area contributed by atoms with E-state index in [0.717, 1.165) is 13.0 Å². The number of likely N-dealkylation sites (N-methyl/N-ethyl adjacent to an activating group) is 1. The van der Waals surface area contributed by atoms with Gasteiger partial charge in [-0.05, 0) is 19.9 Å². The smallest absolute Gasteiger partial charge is 0.236 e. The molecule has 0 aromatic rings. The zero-order valence-corrected chi connectivity index (χ0v) is 9.86. The summed E-state index contributed by atoms with van der Waals surface area (Å²) in [4.78, 5) is 13.8.